The molecule has 0 N–H and O–H groups in total. The summed E-state index contributed by atoms with van der Waals surface area (Å²) in [5, 5.41) is 0. The van der Waals surface area contributed by atoms with E-state index in [1.807, 2.05) is 0 Å². The van der Waals surface area contributed by atoms with Crippen LogP contribution >= 0.6 is 0 Å². The summed E-state index contributed by atoms with van der Waals surface area (Å²) in [6.45, 7) is 35.6. The molecule has 62 heavy (non-hydrogen) atoms. The highest BCUT2D eigenvalue weighted by Gasteiger charge is 2.57. The van der Waals surface area contributed by atoms with Gasteiger partial charge in [0.15, 0.2) is 0 Å². The van der Waals surface area contributed by atoms with Crippen LogP contribution in [-0.4, -0.2) is 6.71 Å². The van der Waals surface area contributed by atoms with E-state index >= 15 is 0 Å². The lowest BCUT2D eigenvalue weighted by Gasteiger charge is -2.47. The van der Waals surface area contributed by atoms with Crippen molar-refractivity contribution in [3.63, 3.8) is 0 Å². The molecule has 5 aromatic carbocycles. The molecule has 0 aromatic heterocycles. The maximum absolute atomic E-state index is 2.74. The maximum atomic E-state index is 2.74. The molecule has 0 saturated heterocycles. The number of rotatable bonds is 3. The fraction of sp³-hybridized carbons (Fsp3) is 0.492. The summed E-state index contributed by atoms with van der Waals surface area (Å²) < 4.78 is 0. The zero-order valence-electron chi connectivity index (χ0n) is 40.9. The van der Waals surface area contributed by atoms with Crippen molar-refractivity contribution in [3.8, 4) is 0 Å². The fourth-order valence-electron chi connectivity index (χ4n) is 12.7. The molecule has 4 saturated carbocycles. The Hall–Kier alpha value is -4.24. The largest absolute Gasteiger partial charge is 0.311 e. The third kappa shape index (κ3) is 6.64. The van der Waals surface area contributed by atoms with E-state index in [1.165, 1.54) is 110 Å². The Labute approximate surface area is 376 Å². The maximum Gasteiger partial charge on any atom is 0.252 e. The van der Waals surface area contributed by atoms with Crippen LogP contribution in [-0.2, 0) is 32.5 Å². The van der Waals surface area contributed by atoms with Gasteiger partial charge in [0, 0.05) is 34.1 Å². The fourth-order valence-corrected chi connectivity index (χ4v) is 12.7. The molecule has 322 valence electrons. The topological polar surface area (TPSA) is 6.48 Å². The minimum atomic E-state index is -0.00616. The van der Waals surface area contributed by atoms with Gasteiger partial charge in [-0.15, -0.1) is 0 Å². The third-order valence-corrected chi connectivity index (χ3v) is 16.2. The van der Waals surface area contributed by atoms with Crippen molar-refractivity contribution >= 4 is 57.2 Å². The highest BCUT2D eigenvalue weighted by atomic mass is 15.2. The average Bonchev–Trinajstić information content (AvgIpc) is 3.61. The number of hydrogen-bond donors (Lipinski definition) is 0. The van der Waals surface area contributed by atoms with Crippen LogP contribution < -0.4 is 26.2 Å². The molecule has 0 spiro atoms. The molecule has 11 rings (SSSR count). The standard InChI is InChI=1S/C59H73BN2/c1-54(2,3)39-16-20-45(21-17-39)61-49-22-18-40(55(4,5)6)29-47(49)60-48-30-41(56(7,8)9)19-23-50(48)62(46-27-42(57(10,11)12)26-43(28-46)58(13,14)15)52-32-44(31-51(61)53(52)60)59-33-36-24-37(34-59)38(25-36)35-59/h16-23,26-32,36-38H,24-25,33-35H2,1-15H3. The number of fused-ring (bicyclic) bond motifs is 4. The summed E-state index contributed by atoms with van der Waals surface area (Å²) in [5.74, 6) is 2.64. The molecule has 3 heteroatoms. The van der Waals surface area contributed by atoms with Gasteiger partial charge in [0.2, 0.25) is 0 Å². The second-order valence-electron chi connectivity index (χ2n) is 25.9. The van der Waals surface area contributed by atoms with Crippen molar-refractivity contribution < 1.29 is 0 Å². The molecular formula is C59H73BN2. The van der Waals surface area contributed by atoms with Crippen LogP contribution in [0.25, 0.3) is 0 Å². The van der Waals surface area contributed by atoms with Crippen LogP contribution in [0.1, 0.15) is 169 Å². The average molecular weight is 821 g/mol. The molecule has 2 aliphatic heterocycles. The van der Waals surface area contributed by atoms with Gasteiger partial charge in [-0.2, -0.15) is 0 Å². The van der Waals surface area contributed by atoms with E-state index in [0.717, 1.165) is 17.8 Å². The van der Waals surface area contributed by atoms with Gasteiger partial charge >= 0.3 is 0 Å². The Bertz CT molecular complexity index is 2560. The molecule has 4 bridgehead atoms. The molecule has 0 radical (unpaired) electrons. The van der Waals surface area contributed by atoms with Gasteiger partial charge < -0.3 is 9.80 Å². The second kappa shape index (κ2) is 13.4. The van der Waals surface area contributed by atoms with Crippen molar-refractivity contribution in [1.82, 2.24) is 0 Å². The number of benzene rings is 5. The molecular weight excluding hydrogens is 747 g/mol. The summed E-state index contributed by atoms with van der Waals surface area (Å²) in [6.07, 6.45) is 6.94. The van der Waals surface area contributed by atoms with Gasteiger partial charge in [0.1, 0.15) is 0 Å². The SMILES string of the molecule is CC(C)(C)c1ccc(N2c3ccc(C(C)(C)C)cc3B3c4cc(C(C)(C)C)ccc4N(c4cc(C(C)(C)C)cc(C(C)(C)C)c4)c4cc(C56CC7CC(C5)C(C7)C6)cc2c43)cc1. The number of nitrogens with zero attached hydrogens (tertiary/aromatic N) is 2. The van der Waals surface area contributed by atoms with E-state index < -0.39 is 0 Å². The molecule has 2 nitrogen and oxygen atoms in total. The Morgan fingerprint density at radius 2 is 0.839 bits per heavy atom. The van der Waals surface area contributed by atoms with Crippen LogP contribution in [0.15, 0.2) is 91.0 Å². The van der Waals surface area contributed by atoms with Crippen molar-refractivity contribution in [2.45, 2.75) is 168 Å². The summed E-state index contributed by atoms with van der Waals surface area (Å²) in [4.78, 5) is 5.42. The quantitative estimate of drug-likeness (QED) is 0.164. The van der Waals surface area contributed by atoms with Crippen LogP contribution in [0.3, 0.4) is 0 Å². The first-order valence-corrected chi connectivity index (χ1v) is 24.1. The highest BCUT2D eigenvalue weighted by molar-refractivity contribution is 7.00. The molecule has 4 aliphatic carbocycles. The van der Waals surface area contributed by atoms with E-state index in [0.29, 0.717) is 0 Å². The molecule has 2 unspecified atom stereocenters. The molecule has 2 atom stereocenters. The van der Waals surface area contributed by atoms with Crippen LogP contribution in [0.2, 0.25) is 0 Å². The predicted octanol–water partition coefficient (Wildman–Crippen LogP) is 14.3. The van der Waals surface area contributed by atoms with Gasteiger partial charge in [-0.25, -0.2) is 0 Å². The van der Waals surface area contributed by atoms with Crippen LogP contribution in [0.5, 0.6) is 0 Å². The van der Waals surface area contributed by atoms with E-state index in [9.17, 15) is 0 Å². The van der Waals surface area contributed by atoms with Crippen molar-refractivity contribution in [1.29, 1.82) is 0 Å². The van der Waals surface area contributed by atoms with Gasteiger partial charge in [-0.05, 0) is 181 Å². The summed E-state index contributed by atoms with van der Waals surface area (Å²) in [7, 11) is 0. The molecule has 5 aromatic rings. The Morgan fingerprint density at radius 3 is 1.26 bits per heavy atom. The normalized spacial score (nSPS) is 22.9. The predicted molar refractivity (Wildman–Crippen MR) is 269 cm³/mol. The lowest BCUT2D eigenvalue weighted by molar-refractivity contribution is 0.229. The highest BCUT2D eigenvalue weighted by Crippen LogP contribution is 2.65. The molecule has 6 aliphatic rings. The summed E-state index contributed by atoms with van der Waals surface area (Å²) >= 11 is 0. The van der Waals surface area contributed by atoms with Crippen molar-refractivity contribution in [3.05, 3.63) is 124 Å². The second-order valence-corrected chi connectivity index (χ2v) is 25.9. The Balaban J connectivity index is 1.34. The summed E-state index contributed by atoms with van der Waals surface area (Å²) in [5.41, 5.74) is 21.1. The van der Waals surface area contributed by atoms with E-state index in [-0.39, 0.29) is 39.2 Å². The third-order valence-electron chi connectivity index (χ3n) is 16.2. The van der Waals surface area contributed by atoms with Gasteiger partial charge in [-0.1, -0.05) is 146 Å². The van der Waals surface area contributed by atoms with Gasteiger partial charge in [0.05, 0.1) is 0 Å². The first kappa shape index (κ1) is 41.8. The monoisotopic (exact) mass is 821 g/mol. The Morgan fingerprint density at radius 1 is 0.419 bits per heavy atom. The first-order valence-electron chi connectivity index (χ1n) is 24.1. The molecule has 2 heterocycles. The van der Waals surface area contributed by atoms with Crippen molar-refractivity contribution in [2.75, 3.05) is 9.80 Å². The van der Waals surface area contributed by atoms with E-state index in [1.54, 1.807) is 5.56 Å². The lowest BCUT2D eigenvalue weighted by atomic mass is 9.33. The van der Waals surface area contributed by atoms with Crippen LogP contribution in [0.4, 0.5) is 34.1 Å². The minimum absolute atomic E-state index is 0.00394. The van der Waals surface area contributed by atoms with Crippen molar-refractivity contribution in [2.24, 2.45) is 17.8 Å². The van der Waals surface area contributed by atoms with Gasteiger partial charge in [0.25, 0.3) is 6.71 Å². The molecule has 4 fully saturated rings. The lowest BCUT2D eigenvalue weighted by Crippen LogP contribution is -2.62. The minimum Gasteiger partial charge on any atom is -0.311 e. The smallest absolute Gasteiger partial charge is 0.252 e. The zero-order valence-corrected chi connectivity index (χ0v) is 40.9. The number of anilines is 6. The van der Waals surface area contributed by atoms with Gasteiger partial charge in [-0.3, -0.25) is 0 Å². The van der Waals surface area contributed by atoms with E-state index in [4.69, 9.17) is 0 Å². The first-order chi connectivity index (χ1) is 28.8. The summed E-state index contributed by atoms with van der Waals surface area (Å²) in [6, 6.07) is 37.6. The number of hydrogen-bond acceptors (Lipinski definition) is 2. The zero-order chi connectivity index (χ0) is 44.3. The molecule has 0 amide bonds. The van der Waals surface area contributed by atoms with Crippen LogP contribution in [0, 0.1) is 17.8 Å². The van der Waals surface area contributed by atoms with E-state index in [2.05, 4.69) is 205 Å². The Kier molecular flexibility index (Phi) is 9.03.